The second kappa shape index (κ2) is 9.63. The van der Waals surface area contributed by atoms with Gasteiger partial charge in [0.15, 0.2) is 6.61 Å². The molecule has 9 heteroatoms. The number of pyridine rings is 1. The number of anilines is 1. The first-order valence-corrected chi connectivity index (χ1v) is 12.1. The molecule has 0 atom stereocenters. The average molecular weight is 499 g/mol. The number of hydrogen-bond donors (Lipinski definition) is 1. The average Bonchev–Trinajstić information content (AvgIpc) is 3.51. The van der Waals surface area contributed by atoms with E-state index in [4.69, 9.17) is 4.74 Å². The van der Waals surface area contributed by atoms with E-state index >= 15 is 0 Å². The highest BCUT2D eigenvalue weighted by Gasteiger charge is 2.20. The van der Waals surface area contributed by atoms with Crippen molar-refractivity contribution in [1.29, 1.82) is 0 Å². The first-order valence-electron chi connectivity index (χ1n) is 11.2. The van der Waals surface area contributed by atoms with Crippen LogP contribution in [0.25, 0.3) is 27.2 Å². The Hall–Kier alpha value is -4.50. The van der Waals surface area contributed by atoms with Gasteiger partial charge < -0.3 is 10.1 Å². The summed E-state index contributed by atoms with van der Waals surface area (Å²) in [6.07, 6.45) is 0. The van der Waals surface area contributed by atoms with Crippen LogP contribution in [0.4, 0.5) is 5.69 Å². The number of ether oxygens (including phenoxy) is 1. The number of nitrogens with zero attached hydrogens (tertiary/aromatic N) is 3. The van der Waals surface area contributed by atoms with Gasteiger partial charge in [0.05, 0.1) is 33.0 Å². The van der Waals surface area contributed by atoms with E-state index in [-0.39, 0.29) is 11.2 Å². The summed E-state index contributed by atoms with van der Waals surface area (Å²) in [5, 5.41) is 5.17. The lowest BCUT2D eigenvalue weighted by molar-refractivity contribution is -0.119. The zero-order chi connectivity index (χ0) is 25.2. The van der Waals surface area contributed by atoms with Crippen molar-refractivity contribution in [2.45, 2.75) is 6.92 Å². The lowest BCUT2D eigenvalue weighted by atomic mass is 10.1. The number of esters is 1. The Balaban J connectivity index is 1.36. The normalized spacial score (nSPS) is 10.9. The highest BCUT2D eigenvalue weighted by molar-refractivity contribution is 7.13. The maximum Gasteiger partial charge on any atom is 0.339 e. The molecule has 0 aliphatic carbocycles. The molecule has 0 fully saturated rings. The maximum absolute atomic E-state index is 13.0. The number of benzene rings is 2. The van der Waals surface area contributed by atoms with Gasteiger partial charge in [-0.3, -0.25) is 14.3 Å². The summed E-state index contributed by atoms with van der Waals surface area (Å²) in [7, 11) is 1.74. The van der Waals surface area contributed by atoms with Crippen LogP contribution >= 0.6 is 11.3 Å². The summed E-state index contributed by atoms with van der Waals surface area (Å²) >= 11 is 1.52. The molecule has 0 saturated carbocycles. The molecule has 0 radical (unpaired) electrons. The molecule has 0 aliphatic rings. The molecule has 8 nitrogen and oxygen atoms in total. The Morgan fingerprint density at radius 3 is 2.53 bits per heavy atom. The summed E-state index contributed by atoms with van der Waals surface area (Å²) in [6.45, 7) is 1.20. The Morgan fingerprint density at radius 1 is 1.03 bits per heavy atom. The van der Waals surface area contributed by atoms with Gasteiger partial charge >= 0.3 is 5.97 Å². The molecule has 3 aromatic heterocycles. The molecule has 1 N–H and O–H groups in total. The van der Waals surface area contributed by atoms with Crippen molar-refractivity contribution in [2.24, 2.45) is 7.05 Å². The zero-order valence-corrected chi connectivity index (χ0v) is 20.4. The molecule has 0 unspecified atom stereocenters. The third-order valence-corrected chi connectivity index (χ3v) is 6.76. The topological polar surface area (TPSA) is 95.2 Å². The summed E-state index contributed by atoms with van der Waals surface area (Å²) in [4.78, 5) is 44.3. The van der Waals surface area contributed by atoms with Gasteiger partial charge in [-0.15, -0.1) is 11.3 Å². The largest absolute Gasteiger partial charge is 0.452 e. The van der Waals surface area contributed by atoms with Gasteiger partial charge in [-0.2, -0.15) is 0 Å². The van der Waals surface area contributed by atoms with Crippen molar-refractivity contribution < 1.29 is 14.3 Å². The van der Waals surface area contributed by atoms with Crippen molar-refractivity contribution in [3.8, 4) is 16.3 Å². The Kier molecular flexibility index (Phi) is 6.22. The van der Waals surface area contributed by atoms with E-state index in [0.717, 1.165) is 4.88 Å². The summed E-state index contributed by atoms with van der Waals surface area (Å²) in [5.41, 5.74) is 2.63. The molecule has 3 heterocycles. The molecule has 5 aromatic rings. The first-order chi connectivity index (χ1) is 17.4. The molecule has 0 saturated heterocycles. The summed E-state index contributed by atoms with van der Waals surface area (Å²) in [6, 6.07) is 21.9. The fourth-order valence-corrected chi connectivity index (χ4v) is 4.68. The molecule has 0 aliphatic heterocycles. The Morgan fingerprint density at radius 2 is 1.78 bits per heavy atom. The molecular formula is C27H22N4O4S. The lowest BCUT2D eigenvalue weighted by Crippen LogP contribution is -2.26. The van der Waals surface area contributed by atoms with Crippen LogP contribution in [0, 0.1) is 6.92 Å². The molecule has 5 rings (SSSR count). The van der Waals surface area contributed by atoms with E-state index in [1.54, 1.807) is 42.9 Å². The van der Waals surface area contributed by atoms with Crippen molar-refractivity contribution in [3.63, 3.8) is 0 Å². The van der Waals surface area contributed by atoms with E-state index < -0.39 is 18.5 Å². The van der Waals surface area contributed by atoms with Gasteiger partial charge in [-0.25, -0.2) is 14.5 Å². The number of fused-ring (bicyclic) bond motifs is 1. The number of hydrogen-bond acceptors (Lipinski definition) is 6. The van der Waals surface area contributed by atoms with Crippen molar-refractivity contribution >= 4 is 39.8 Å². The van der Waals surface area contributed by atoms with E-state index in [2.05, 4.69) is 10.3 Å². The predicted molar refractivity (Wildman–Crippen MR) is 140 cm³/mol. The highest BCUT2D eigenvalue weighted by Crippen LogP contribution is 2.28. The van der Waals surface area contributed by atoms with E-state index in [0.29, 0.717) is 33.5 Å². The second-order valence-electron chi connectivity index (χ2n) is 8.11. The predicted octanol–water partition coefficient (Wildman–Crippen LogP) is 4.56. The highest BCUT2D eigenvalue weighted by atomic mass is 32.1. The second-order valence-corrected chi connectivity index (χ2v) is 9.06. The van der Waals surface area contributed by atoms with Gasteiger partial charge in [-0.1, -0.05) is 42.5 Å². The molecule has 0 bridgehead atoms. The smallest absolute Gasteiger partial charge is 0.339 e. The third-order valence-electron chi connectivity index (χ3n) is 5.86. The van der Waals surface area contributed by atoms with E-state index in [9.17, 15) is 14.4 Å². The van der Waals surface area contributed by atoms with Crippen LogP contribution in [0.15, 0.2) is 83.0 Å². The van der Waals surface area contributed by atoms with Gasteiger partial charge in [-0.05, 0) is 42.6 Å². The van der Waals surface area contributed by atoms with Gasteiger partial charge in [0.25, 0.3) is 11.5 Å². The van der Waals surface area contributed by atoms with Gasteiger partial charge in [0.1, 0.15) is 5.69 Å². The van der Waals surface area contributed by atoms with Gasteiger partial charge in [0.2, 0.25) is 0 Å². The quantitative estimate of drug-likeness (QED) is 0.347. The number of aromatic nitrogens is 3. The fourth-order valence-electron chi connectivity index (χ4n) is 3.99. The molecule has 36 heavy (non-hydrogen) atoms. The Labute approximate surface area is 210 Å². The van der Waals surface area contributed by atoms with Crippen molar-refractivity contribution in [3.05, 3.63) is 99.8 Å². The molecule has 0 spiro atoms. The zero-order valence-electron chi connectivity index (χ0n) is 19.6. The first kappa shape index (κ1) is 23.3. The standard InChI is InChI=1S/C27H22N4O4S/c1-17-25(26(33)31(30(17)2)18-9-4-3-5-10-18)29-24(32)16-35-27(34)20-15-22(23-13-8-14-36-23)28-21-12-7-6-11-19(20)21/h3-15H,16H2,1-2H3,(H,29,32). The van der Waals surface area contributed by atoms with E-state index in [1.807, 2.05) is 53.9 Å². The van der Waals surface area contributed by atoms with Crippen LogP contribution in [0.5, 0.6) is 0 Å². The number of carbonyl (C=O) groups is 2. The minimum atomic E-state index is -0.645. The molecular weight excluding hydrogens is 476 g/mol. The van der Waals surface area contributed by atoms with Crippen LogP contribution < -0.4 is 10.9 Å². The van der Waals surface area contributed by atoms with Crippen LogP contribution in [0.2, 0.25) is 0 Å². The monoisotopic (exact) mass is 498 g/mol. The van der Waals surface area contributed by atoms with Crippen molar-refractivity contribution in [1.82, 2.24) is 14.3 Å². The minimum Gasteiger partial charge on any atom is -0.452 e. The Bertz CT molecular complexity index is 1640. The number of nitrogens with one attached hydrogen (secondary N) is 1. The number of carbonyl (C=O) groups excluding carboxylic acids is 2. The van der Waals surface area contributed by atoms with Crippen molar-refractivity contribution in [2.75, 3.05) is 11.9 Å². The lowest BCUT2D eigenvalue weighted by Gasteiger charge is -2.09. The number of thiophene rings is 1. The number of amides is 1. The van der Waals surface area contributed by atoms with E-state index in [1.165, 1.54) is 16.0 Å². The summed E-state index contributed by atoms with van der Waals surface area (Å²) < 4.78 is 8.48. The minimum absolute atomic E-state index is 0.136. The molecule has 180 valence electrons. The molecule has 2 aromatic carbocycles. The molecule has 1 amide bonds. The summed E-state index contributed by atoms with van der Waals surface area (Å²) in [5.74, 6) is -1.25. The van der Waals surface area contributed by atoms with Crippen LogP contribution in [-0.4, -0.2) is 32.8 Å². The SMILES string of the molecule is Cc1c(NC(=O)COC(=O)c2cc(-c3cccs3)nc3ccccc23)c(=O)n(-c2ccccc2)n1C. The van der Waals surface area contributed by atoms with Crippen LogP contribution in [0.1, 0.15) is 16.1 Å². The maximum atomic E-state index is 13.0. The van der Waals surface area contributed by atoms with Gasteiger partial charge in [0, 0.05) is 12.4 Å². The fraction of sp³-hybridized carbons (Fsp3) is 0.111. The van der Waals surface area contributed by atoms with Crippen LogP contribution in [0.3, 0.4) is 0 Å². The third kappa shape index (κ3) is 4.32. The van der Waals surface area contributed by atoms with Crippen LogP contribution in [-0.2, 0) is 16.6 Å². The number of para-hydroxylation sites is 2. The number of rotatable bonds is 6.